The van der Waals surface area contributed by atoms with E-state index in [0.29, 0.717) is 49.4 Å². The van der Waals surface area contributed by atoms with E-state index in [2.05, 4.69) is 25.5 Å². The average molecular weight is 504 g/mol. The van der Waals surface area contributed by atoms with Crippen LogP contribution in [0.3, 0.4) is 0 Å². The van der Waals surface area contributed by atoms with Crippen LogP contribution in [0.25, 0.3) is 11.1 Å². The van der Waals surface area contributed by atoms with Gasteiger partial charge < -0.3 is 14.6 Å². The van der Waals surface area contributed by atoms with E-state index in [1.807, 2.05) is 19.9 Å². The van der Waals surface area contributed by atoms with Crippen molar-refractivity contribution in [3.8, 4) is 22.1 Å². The standard InChI is InChI=1S/C23H26ClN5O4S/c1-12-8-16(19-13(2)20(24)26-10-18(19)32-3)17(9-25-12)21(31)27-22-28-29-23(34-22)33-15-6-4-14(11-30)5-7-15/h8-10,14-15,30H,4-7,11H2,1-3H3,(H,27,28,31). The van der Waals surface area contributed by atoms with Crippen LogP contribution in [0.15, 0.2) is 18.5 Å². The van der Waals surface area contributed by atoms with Crippen molar-refractivity contribution in [2.75, 3.05) is 19.0 Å². The predicted molar refractivity (Wildman–Crippen MR) is 130 cm³/mol. The van der Waals surface area contributed by atoms with Crippen molar-refractivity contribution < 1.29 is 19.4 Å². The van der Waals surface area contributed by atoms with Gasteiger partial charge in [-0.25, -0.2) is 4.98 Å². The minimum Gasteiger partial charge on any atom is -0.494 e. The molecule has 2 N–H and O–H groups in total. The number of aliphatic hydroxyl groups excluding tert-OH is 1. The van der Waals surface area contributed by atoms with E-state index in [4.69, 9.17) is 21.1 Å². The number of pyridine rings is 2. The van der Waals surface area contributed by atoms with Gasteiger partial charge in [-0.05, 0) is 68.4 Å². The molecule has 3 aromatic rings. The molecule has 9 nitrogen and oxygen atoms in total. The molecule has 1 aliphatic rings. The third-order valence-electron chi connectivity index (χ3n) is 5.95. The van der Waals surface area contributed by atoms with Gasteiger partial charge in [0, 0.05) is 29.6 Å². The molecule has 0 saturated heterocycles. The SMILES string of the molecule is COc1cnc(Cl)c(C)c1-c1cc(C)ncc1C(=O)Nc1nnc(OC2CCC(CO)CC2)s1. The monoisotopic (exact) mass is 503 g/mol. The number of carbonyl (C=O) groups is 1. The molecular weight excluding hydrogens is 478 g/mol. The van der Waals surface area contributed by atoms with Gasteiger partial charge in [0.2, 0.25) is 5.13 Å². The van der Waals surface area contributed by atoms with E-state index in [-0.39, 0.29) is 18.6 Å². The van der Waals surface area contributed by atoms with Crippen molar-refractivity contribution in [3.63, 3.8) is 0 Å². The Kier molecular flexibility index (Phi) is 7.60. The summed E-state index contributed by atoms with van der Waals surface area (Å²) in [6.45, 7) is 3.89. The van der Waals surface area contributed by atoms with Gasteiger partial charge in [-0.3, -0.25) is 15.1 Å². The zero-order valence-electron chi connectivity index (χ0n) is 19.2. The number of hydrogen-bond acceptors (Lipinski definition) is 9. The molecular formula is C23H26ClN5O4S. The number of nitrogens with one attached hydrogen (secondary N) is 1. The Balaban J connectivity index is 1.54. The Morgan fingerprint density at radius 2 is 1.97 bits per heavy atom. The van der Waals surface area contributed by atoms with Crippen LogP contribution in [-0.4, -0.2) is 51.0 Å². The number of rotatable bonds is 7. The minimum absolute atomic E-state index is 0.0408. The first-order valence-electron chi connectivity index (χ1n) is 11.0. The smallest absolute Gasteiger partial charge is 0.296 e. The fourth-order valence-electron chi connectivity index (χ4n) is 4.05. The van der Waals surface area contributed by atoms with E-state index >= 15 is 0 Å². The van der Waals surface area contributed by atoms with E-state index in [1.54, 1.807) is 7.11 Å². The van der Waals surface area contributed by atoms with Gasteiger partial charge in [0.1, 0.15) is 17.0 Å². The summed E-state index contributed by atoms with van der Waals surface area (Å²) in [5.41, 5.74) is 3.09. The number of nitrogens with zero attached hydrogens (tertiary/aromatic N) is 4. The molecule has 180 valence electrons. The van der Waals surface area contributed by atoms with Gasteiger partial charge in [-0.2, -0.15) is 0 Å². The summed E-state index contributed by atoms with van der Waals surface area (Å²) in [6.07, 6.45) is 6.67. The number of carbonyl (C=O) groups excluding carboxylic acids is 1. The lowest BCUT2D eigenvalue weighted by Gasteiger charge is -2.26. The second-order valence-electron chi connectivity index (χ2n) is 8.26. The minimum atomic E-state index is -0.386. The first-order chi connectivity index (χ1) is 16.4. The fourth-order valence-corrected chi connectivity index (χ4v) is 4.85. The highest BCUT2D eigenvalue weighted by Gasteiger charge is 2.24. The lowest BCUT2D eigenvalue weighted by atomic mass is 9.88. The van der Waals surface area contributed by atoms with Crippen molar-refractivity contribution in [1.29, 1.82) is 0 Å². The summed E-state index contributed by atoms with van der Waals surface area (Å²) in [5.74, 6) is 0.464. The second kappa shape index (κ2) is 10.6. The Labute approximate surface area is 206 Å². The number of anilines is 1. The normalized spacial score (nSPS) is 17.9. The molecule has 1 aliphatic carbocycles. The van der Waals surface area contributed by atoms with Crippen LogP contribution in [0.4, 0.5) is 5.13 Å². The molecule has 4 rings (SSSR count). The number of aryl methyl sites for hydroxylation is 1. The summed E-state index contributed by atoms with van der Waals surface area (Å²) in [6, 6.07) is 1.81. The lowest BCUT2D eigenvalue weighted by Crippen LogP contribution is -2.25. The lowest BCUT2D eigenvalue weighted by molar-refractivity contribution is 0.102. The number of methoxy groups -OCH3 is 1. The molecule has 3 heterocycles. The molecule has 0 bridgehead atoms. The molecule has 0 atom stereocenters. The van der Waals surface area contributed by atoms with Crippen LogP contribution >= 0.6 is 22.9 Å². The molecule has 0 spiro atoms. The maximum Gasteiger partial charge on any atom is 0.296 e. The third kappa shape index (κ3) is 5.29. The number of aromatic nitrogens is 4. The topological polar surface area (TPSA) is 119 Å². The van der Waals surface area contributed by atoms with Crippen molar-refractivity contribution in [2.45, 2.75) is 45.6 Å². The Morgan fingerprint density at radius 3 is 2.68 bits per heavy atom. The van der Waals surface area contributed by atoms with Crippen LogP contribution in [-0.2, 0) is 0 Å². The molecule has 0 unspecified atom stereocenters. The van der Waals surface area contributed by atoms with Crippen molar-refractivity contribution in [1.82, 2.24) is 20.2 Å². The zero-order chi connectivity index (χ0) is 24.2. The quantitative estimate of drug-likeness (QED) is 0.453. The van der Waals surface area contributed by atoms with Crippen LogP contribution in [0, 0.1) is 19.8 Å². The van der Waals surface area contributed by atoms with Crippen molar-refractivity contribution in [3.05, 3.63) is 40.4 Å². The molecule has 0 aliphatic heterocycles. The molecule has 11 heteroatoms. The number of amides is 1. The van der Waals surface area contributed by atoms with E-state index < -0.39 is 0 Å². The van der Waals surface area contributed by atoms with Crippen LogP contribution in [0.5, 0.6) is 10.9 Å². The van der Waals surface area contributed by atoms with Crippen molar-refractivity contribution >= 4 is 34.0 Å². The Bertz CT molecular complexity index is 1180. The van der Waals surface area contributed by atoms with Crippen LogP contribution in [0.2, 0.25) is 5.15 Å². The Hall–Kier alpha value is -2.82. The molecule has 0 radical (unpaired) electrons. The highest BCUT2D eigenvalue weighted by Crippen LogP contribution is 2.38. The molecule has 1 fully saturated rings. The number of aliphatic hydroxyl groups is 1. The van der Waals surface area contributed by atoms with E-state index in [1.165, 1.54) is 23.7 Å². The van der Waals surface area contributed by atoms with E-state index in [0.717, 1.165) is 31.4 Å². The average Bonchev–Trinajstić information content (AvgIpc) is 3.27. The molecule has 1 amide bonds. The predicted octanol–water partition coefficient (Wildman–Crippen LogP) is 4.46. The number of hydrogen-bond donors (Lipinski definition) is 2. The largest absolute Gasteiger partial charge is 0.494 e. The van der Waals surface area contributed by atoms with Gasteiger partial charge in [0.05, 0.1) is 18.9 Å². The fraction of sp³-hybridized carbons (Fsp3) is 0.435. The van der Waals surface area contributed by atoms with Crippen molar-refractivity contribution in [2.24, 2.45) is 5.92 Å². The highest BCUT2D eigenvalue weighted by molar-refractivity contribution is 7.17. The summed E-state index contributed by atoms with van der Waals surface area (Å²) in [5, 5.41) is 21.3. The highest BCUT2D eigenvalue weighted by atomic mass is 35.5. The zero-order valence-corrected chi connectivity index (χ0v) is 20.7. The first kappa shape index (κ1) is 24.3. The van der Waals surface area contributed by atoms with Gasteiger partial charge in [0.25, 0.3) is 11.1 Å². The molecule has 1 saturated carbocycles. The van der Waals surface area contributed by atoms with Gasteiger partial charge in [-0.15, -0.1) is 5.10 Å². The van der Waals surface area contributed by atoms with Gasteiger partial charge in [0.15, 0.2) is 0 Å². The van der Waals surface area contributed by atoms with Gasteiger partial charge >= 0.3 is 0 Å². The second-order valence-corrected chi connectivity index (χ2v) is 9.56. The maximum atomic E-state index is 13.2. The molecule has 0 aromatic carbocycles. The Morgan fingerprint density at radius 1 is 1.21 bits per heavy atom. The maximum absolute atomic E-state index is 13.2. The van der Waals surface area contributed by atoms with E-state index in [9.17, 15) is 9.90 Å². The summed E-state index contributed by atoms with van der Waals surface area (Å²) in [4.78, 5) is 21.7. The van der Waals surface area contributed by atoms with Crippen LogP contribution in [0.1, 0.15) is 47.3 Å². The molecule has 3 aromatic heterocycles. The number of ether oxygens (including phenoxy) is 2. The summed E-state index contributed by atoms with van der Waals surface area (Å²) in [7, 11) is 1.54. The first-order valence-corrected chi connectivity index (χ1v) is 12.2. The molecule has 34 heavy (non-hydrogen) atoms. The van der Waals surface area contributed by atoms with Gasteiger partial charge in [-0.1, -0.05) is 16.7 Å². The number of halogens is 1. The summed E-state index contributed by atoms with van der Waals surface area (Å²) >= 11 is 7.44. The summed E-state index contributed by atoms with van der Waals surface area (Å²) < 4.78 is 11.4. The third-order valence-corrected chi connectivity index (χ3v) is 7.06. The van der Waals surface area contributed by atoms with Crippen LogP contribution < -0.4 is 14.8 Å².